The van der Waals surface area contributed by atoms with Crippen molar-refractivity contribution < 1.29 is 18.8 Å². The molecule has 0 unspecified atom stereocenters. The summed E-state index contributed by atoms with van der Waals surface area (Å²) in [6.45, 7) is 12.6. The maximum absolute atomic E-state index is 11.6. The maximum Gasteiger partial charge on any atom is 0.408 e. The monoisotopic (exact) mass is 261 g/mol. The Morgan fingerprint density at radius 1 is 1.18 bits per heavy atom. The van der Waals surface area contributed by atoms with Gasteiger partial charge in [-0.25, -0.2) is 4.79 Å². The summed E-state index contributed by atoms with van der Waals surface area (Å²) in [5.74, 6) is -0.421. The Balaban J connectivity index is 4.22. The molecular formula is C11H23NO4Si. The summed E-state index contributed by atoms with van der Waals surface area (Å²) in [5, 5.41) is 2.45. The number of amides is 1. The number of alkyl carbamates (subject to hydrolysis) is 1. The van der Waals surface area contributed by atoms with Crippen LogP contribution in [0.1, 0.15) is 27.7 Å². The molecule has 0 spiro atoms. The Hall–Kier alpha value is -1.04. The largest absolute Gasteiger partial charge is 0.518 e. The van der Waals surface area contributed by atoms with Crippen molar-refractivity contribution in [2.75, 3.05) is 0 Å². The van der Waals surface area contributed by atoms with Crippen LogP contribution in [0.3, 0.4) is 0 Å². The molecule has 0 saturated heterocycles. The predicted molar refractivity (Wildman–Crippen MR) is 68.3 cm³/mol. The Kier molecular flexibility index (Phi) is 5.19. The van der Waals surface area contributed by atoms with Gasteiger partial charge in [0.25, 0.3) is 0 Å². The third-order valence-corrected chi connectivity index (χ3v) is 2.31. The third-order valence-electron chi connectivity index (χ3n) is 1.49. The predicted octanol–water partition coefficient (Wildman–Crippen LogP) is 2.28. The van der Waals surface area contributed by atoms with Gasteiger partial charge in [-0.2, -0.15) is 0 Å². The minimum atomic E-state index is -1.92. The molecule has 0 aromatic heterocycles. The number of rotatable bonds is 3. The zero-order valence-corrected chi connectivity index (χ0v) is 12.7. The van der Waals surface area contributed by atoms with Crippen LogP contribution in [-0.2, 0) is 14.0 Å². The maximum atomic E-state index is 11.6. The van der Waals surface area contributed by atoms with E-state index in [-0.39, 0.29) is 0 Å². The van der Waals surface area contributed by atoms with E-state index in [2.05, 4.69) is 5.32 Å². The van der Waals surface area contributed by atoms with Crippen LogP contribution in [0.25, 0.3) is 0 Å². The van der Waals surface area contributed by atoms with Gasteiger partial charge in [0.2, 0.25) is 8.32 Å². The average Bonchev–Trinajstić information content (AvgIpc) is 1.95. The fourth-order valence-corrected chi connectivity index (χ4v) is 1.71. The summed E-state index contributed by atoms with van der Waals surface area (Å²) < 4.78 is 10.3. The molecule has 0 saturated carbocycles. The van der Waals surface area contributed by atoms with Gasteiger partial charge in [-0.3, -0.25) is 4.79 Å². The number of ether oxygens (including phenoxy) is 1. The zero-order valence-electron chi connectivity index (χ0n) is 11.7. The first-order chi connectivity index (χ1) is 7.41. The molecule has 1 N–H and O–H groups in total. The first kappa shape index (κ1) is 16.0. The summed E-state index contributed by atoms with van der Waals surface area (Å²) in [5.41, 5.74) is -0.577. The molecule has 0 radical (unpaired) electrons. The van der Waals surface area contributed by atoms with Gasteiger partial charge in [-0.15, -0.1) is 0 Å². The van der Waals surface area contributed by atoms with E-state index in [0.717, 1.165) is 0 Å². The molecule has 0 aliphatic heterocycles. The number of nitrogens with one attached hydrogen (secondary N) is 1. The van der Waals surface area contributed by atoms with E-state index in [0.29, 0.717) is 0 Å². The first-order valence-corrected chi connectivity index (χ1v) is 9.04. The van der Waals surface area contributed by atoms with Crippen molar-refractivity contribution in [3.63, 3.8) is 0 Å². The molecule has 0 aromatic carbocycles. The minimum absolute atomic E-state index is 0.421. The minimum Gasteiger partial charge on any atom is -0.518 e. The van der Waals surface area contributed by atoms with E-state index in [1.54, 1.807) is 27.7 Å². The normalized spacial score (nSPS) is 13.8. The zero-order chi connectivity index (χ0) is 13.9. The van der Waals surface area contributed by atoms with Gasteiger partial charge >= 0.3 is 12.1 Å². The van der Waals surface area contributed by atoms with Crippen molar-refractivity contribution in [1.82, 2.24) is 5.32 Å². The fraction of sp³-hybridized carbons (Fsp3) is 0.818. The Morgan fingerprint density at radius 2 is 1.65 bits per heavy atom. The second kappa shape index (κ2) is 5.53. The second-order valence-electron chi connectivity index (χ2n) is 5.90. The molecule has 0 bridgehead atoms. The summed E-state index contributed by atoms with van der Waals surface area (Å²) in [6.07, 6.45) is -0.613. The highest BCUT2D eigenvalue weighted by Crippen LogP contribution is 2.08. The van der Waals surface area contributed by atoms with Crippen molar-refractivity contribution >= 4 is 20.4 Å². The number of carbonyl (C=O) groups is 2. The first-order valence-electron chi connectivity index (χ1n) is 5.63. The lowest BCUT2D eigenvalue weighted by atomic mass is 10.2. The highest BCUT2D eigenvalue weighted by atomic mass is 28.4. The van der Waals surface area contributed by atoms with Crippen LogP contribution in [0.15, 0.2) is 0 Å². The van der Waals surface area contributed by atoms with Gasteiger partial charge in [0.15, 0.2) is 0 Å². The van der Waals surface area contributed by atoms with Gasteiger partial charge in [0, 0.05) is 0 Å². The highest BCUT2D eigenvalue weighted by molar-refractivity contribution is 6.71. The highest BCUT2D eigenvalue weighted by Gasteiger charge is 2.26. The van der Waals surface area contributed by atoms with Crippen molar-refractivity contribution in [2.24, 2.45) is 0 Å². The smallest absolute Gasteiger partial charge is 0.408 e. The molecular weight excluding hydrogens is 238 g/mol. The molecule has 0 fully saturated rings. The quantitative estimate of drug-likeness (QED) is 0.792. The van der Waals surface area contributed by atoms with Crippen LogP contribution >= 0.6 is 0 Å². The van der Waals surface area contributed by atoms with E-state index in [9.17, 15) is 9.59 Å². The average molecular weight is 261 g/mol. The Labute approximate surface area is 104 Å². The van der Waals surface area contributed by atoms with Crippen molar-refractivity contribution in [2.45, 2.75) is 59.0 Å². The second-order valence-corrected chi connectivity index (χ2v) is 10.3. The van der Waals surface area contributed by atoms with E-state index in [4.69, 9.17) is 9.16 Å². The summed E-state index contributed by atoms with van der Waals surface area (Å²) >= 11 is 0. The standard InChI is InChI=1S/C11H23NO4Si/c1-8(9(13)16-17(5,6)7)12-10(14)15-11(2,3)4/h8H,1-7H3,(H,12,14)/t8-/m0/s1. The van der Waals surface area contributed by atoms with Crippen LogP contribution in [0, 0.1) is 0 Å². The van der Waals surface area contributed by atoms with Gasteiger partial charge in [-0.05, 0) is 47.3 Å². The van der Waals surface area contributed by atoms with Gasteiger partial charge in [0.05, 0.1) is 0 Å². The van der Waals surface area contributed by atoms with Crippen molar-refractivity contribution in [3.05, 3.63) is 0 Å². The van der Waals surface area contributed by atoms with E-state index in [1.165, 1.54) is 0 Å². The lowest BCUT2D eigenvalue weighted by Crippen LogP contribution is -2.45. The molecule has 0 rings (SSSR count). The van der Waals surface area contributed by atoms with Crippen LogP contribution in [0.4, 0.5) is 4.79 Å². The molecule has 0 aliphatic rings. The molecule has 100 valence electrons. The van der Waals surface area contributed by atoms with Crippen LogP contribution in [-0.4, -0.2) is 32.0 Å². The lowest BCUT2D eigenvalue weighted by Gasteiger charge is -2.23. The van der Waals surface area contributed by atoms with Gasteiger partial charge in [-0.1, -0.05) is 0 Å². The molecule has 0 heterocycles. The molecule has 1 atom stereocenters. The molecule has 6 heteroatoms. The van der Waals surface area contributed by atoms with E-state index >= 15 is 0 Å². The van der Waals surface area contributed by atoms with E-state index in [1.807, 2.05) is 19.6 Å². The molecule has 5 nitrogen and oxygen atoms in total. The number of hydrogen-bond acceptors (Lipinski definition) is 4. The SMILES string of the molecule is C[C@H](NC(=O)OC(C)(C)C)C(=O)O[Si](C)(C)C. The van der Waals surface area contributed by atoms with Crippen molar-refractivity contribution in [1.29, 1.82) is 0 Å². The van der Waals surface area contributed by atoms with Gasteiger partial charge in [0.1, 0.15) is 11.6 Å². The lowest BCUT2D eigenvalue weighted by molar-refractivity contribution is -0.137. The molecule has 0 aliphatic carbocycles. The van der Waals surface area contributed by atoms with Crippen LogP contribution in [0.2, 0.25) is 19.6 Å². The number of hydrogen-bond donors (Lipinski definition) is 1. The Bertz CT molecular complexity index is 291. The third kappa shape index (κ3) is 8.73. The molecule has 0 aromatic rings. The van der Waals surface area contributed by atoms with Crippen LogP contribution < -0.4 is 5.32 Å². The summed E-state index contributed by atoms with van der Waals surface area (Å²) in [4.78, 5) is 23.0. The van der Waals surface area contributed by atoms with E-state index < -0.39 is 32.0 Å². The van der Waals surface area contributed by atoms with Crippen molar-refractivity contribution in [3.8, 4) is 0 Å². The molecule has 17 heavy (non-hydrogen) atoms. The van der Waals surface area contributed by atoms with Crippen LogP contribution in [0.5, 0.6) is 0 Å². The molecule has 1 amide bonds. The fourth-order valence-electron chi connectivity index (χ4n) is 0.933. The summed E-state index contributed by atoms with van der Waals surface area (Å²) in [7, 11) is -1.92. The number of carbonyl (C=O) groups excluding carboxylic acids is 2. The Morgan fingerprint density at radius 3 is 2.00 bits per heavy atom. The summed E-state index contributed by atoms with van der Waals surface area (Å²) in [6, 6.07) is -0.698. The van der Waals surface area contributed by atoms with Gasteiger partial charge < -0.3 is 14.5 Å². The topological polar surface area (TPSA) is 64.6 Å².